The van der Waals surface area contributed by atoms with Crippen molar-refractivity contribution in [2.75, 3.05) is 6.54 Å². The summed E-state index contributed by atoms with van der Waals surface area (Å²) < 4.78 is 0. The van der Waals surface area contributed by atoms with Gasteiger partial charge in [0.15, 0.2) is 0 Å². The predicted octanol–water partition coefficient (Wildman–Crippen LogP) is 2.69. The fourth-order valence-corrected chi connectivity index (χ4v) is 2.74. The Labute approximate surface area is 119 Å². The molecule has 104 valence electrons. The molecule has 0 aliphatic heterocycles. The number of amides is 1. The molecule has 0 aromatic heterocycles. The summed E-state index contributed by atoms with van der Waals surface area (Å²) in [6, 6.07) is 7.55. The van der Waals surface area contributed by atoms with Crippen molar-refractivity contribution in [1.82, 2.24) is 5.32 Å². The van der Waals surface area contributed by atoms with Crippen LogP contribution < -0.4 is 5.32 Å². The van der Waals surface area contributed by atoms with Gasteiger partial charge in [0.2, 0.25) is 5.91 Å². The molecule has 1 fully saturated rings. The highest BCUT2D eigenvalue weighted by Crippen LogP contribution is 2.28. The van der Waals surface area contributed by atoms with Crippen molar-refractivity contribution in [2.45, 2.75) is 44.1 Å². The fraction of sp³-hybridized carbons (Fsp3) is 0.533. The second-order valence-corrected chi connectivity index (χ2v) is 5.71. The third-order valence-electron chi connectivity index (χ3n) is 3.73. The molecule has 19 heavy (non-hydrogen) atoms. The summed E-state index contributed by atoms with van der Waals surface area (Å²) in [5.74, 6) is -0.0276. The lowest BCUT2D eigenvalue weighted by Gasteiger charge is -2.22. The van der Waals surface area contributed by atoms with E-state index in [0.29, 0.717) is 24.4 Å². The van der Waals surface area contributed by atoms with E-state index in [9.17, 15) is 9.90 Å². The Kier molecular flexibility index (Phi) is 4.83. The van der Waals surface area contributed by atoms with Gasteiger partial charge in [-0.05, 0) is 30.9 Å². The predicted molar refractivity (Wildman–Crippen MR) is 76.2 cm³/mol. The van der Waals surface area contributed by atoms with Crippen LogP contribution in [0.25, 0.3) is 0 Å². The number of aryl methyl sites for hydroxylation is 1. The molecular formula is C15H20ClNO2. The van der Waals surface area contributed by atoms with Crippen LogP contribution in [0.3, 0.4) is 0 Å². The van der Waals surface area contributed by atoms with Gasteiger partial charge in [-0.3, -0.25) is 4.79 Å². The first-order chi connectivity index (χ1) is 9.09. The number of nitrogens with one attached hydrogen (secondary N) is 1. The lowest BCUT2D eigenvalue weighted by atomic mass is 10.0. The first-order valence-electron chi connectivity index (χ1n) is 6.82. The second kappa shape index (κ2) is 6.40. The zero-order chi connectivity index (χ0) is 13.7. The molecule has 1 saturated carbocycles. The molecule has 0 radical (unpaired) electrons. The van der Waals surface area contributed by atoms with Gasteiger partial charge in [-0.25, -0.2) is 0 Å². The topological polar surface area (TPSA) is 49.3 Å². The standard InChI is InChI=1S/C15H20ClNO2/c16-13-6-2-1-5-12(13)7-8-14(18)17-11-15(19)9-3-4-10-15/h1-2,5-6,19H,3-4,7-11H2,(H,17,18). The zero-order valence-corrected chi connectivity index (χ0v) is 11.7. The van der Waals surface area contributed by atoms with E-state index in [4.69, 9.17) is 11.6 Å². The Hall–Kier alpha value is -1.06. The van der Waals surface area contributed by atoms with Gasteiger partial charge in [-0.1, -0.05) is 42.6 Å². The Morgan fingerprint density at radius 3 is 2.68 bits per heavy atom. The first-order valence-corrected chi connectivity index (χ1v) is 7.19. The highest BCUT2D eigenvalue weighted by molar-refractivity contribution is 6.31. The van der Waals surface area contributed by atoms with Crippen molar-refractivity contribution >= 4 is 17.5 Å². The number of benzene rings is 1. The van der Waals surface area contributed by atoms with Gasteiger partial charge < -0.3 is 10.4 Å². The molecule has 1 aliphatic rings. The van der Waals surface area contributed by atoms with E-state index in [-0.39, 0.29) is 5.91 Å². The van der Waals surface area contributed by atoms with Crippen molar-refractivity contribution in [3.63, 3.8) is 0 Å². The molecule has 0 heterocycles. The molecule has 0 bridgehead atoms. The van der Waals surface area contributed by atoms with E-state index < -0.39 is 5.60 Å². The molecule has 2 rings (SSSR count). The van der Waals surface area contributed by atoms with Crippen LogP contribution in [0, 0.1) is 0 Å². The van der Waals surface area contributed by atoms with Crippen molar-refractivity contribution in [1.29, 1.82) is 0 Å². The zero-order valence-electron chi connectivity index (χ0n) is 11.0. The summed E-state index contributed by atoms with van der Waals surface area (Å²) in [5, 5.41) is 13.7. The Bertz CT molecular complexity index is 442. The molecule has 3 nitrogen and oxygen atoms in total. The van der Waals surface area contributed by atoms with E-state index in [1.165, 1.54) is 0 Å². The maximum atomic E-state index is 11.8. The Balaban J connectivity index is 1.74. The molecule has 0 saturated heterocycles. The van der Waals surface area contributed by atoms with Crippen LogP contribution in [-0.4, -0.2) is 23.2 Å². The number of hydrogen-bond acceptors (Lipinski definition) is 2. The highest BCUT2D eigenvalue weighted by Gasteiger charge is 2.31. The molecule has 1 aromatic rings. The fourth-order valence-electron chi connectivity index (χ4n) is 2.51. The SMILES string of the molecule is O=C(CCc1ccccc1Cl)NCC1(O)CCCC1. The van der Waals surface area contributed by atoms with Crippen molar-refractivity contribution < 1.29 is 9.90 Å². The van der Waals surface area contributed by atoms with E-state index in [1.54, 1.807) is 0 Å². The monoisotopic (exact) mass is 281 g/mol. The first kappa shape index (κ1) is 14.4. The summed E-state index contributed by atoms with van der Waals surface area (Å²) in [7, 11) is 0. The average molecular weight is 282 g/mol. The van der Waals surface area contributed by atoms with Crippen LogP contribution in [0.5, 0.6) is 0 Å². The number of rotatable bonds is 5. The minimum absolute atomic E-state index is 0.0276. The molecule has 2 N–H and O–H groups in total. The lowest BCUT2D eigenvalue weighted by Crippen LogP contribution is -2.40. The lowest BCUT2D eigenvalue weighted by molar-refractivity contribution is -0.122. The van der Waals surface area contributed by atoms with Crippen LogP contribution in [-0.2, 0) is 11.2 Å². The van der Waals surface area contributed by atoms with E-state index in [2.05, 4.69) is 5.32 Å². The molecule has 0 atom stereocenters. The molecule has 1 amide bonds. The van der Waals surface area contributed by atoms with Crippen molar-refractivity contribution in [3.05, 3.63) is 34.9 Å². The molecule has 0 spiro atoms. The van der Waals surface area contributed by atoms with E-state index >= 15 is 0 Å². The van der Waals surface area contributed by atoms with Crippen LogP contribution in [0.15, 0.2) is 24.3 Å². The molecule has 1 aliphatic carbocycles. The summed E-state index contributed by atoms with van der Waals surface area (Å²) in [6.07, 6.45) is 4.71. The van der Waals surface area contributed by atoms with Gasteiger partial charge in [0.05, 0.1) is 5.60 Å². The summed E-state index contributed by atoms with van der Waals surface area (Å²) >= 11 is 6.04. The van der Waals surface area contributed by atoms with E-state index in [1.807, 2.05) is 24.3 Å². The van der Waals surface area contributed by atoms with Crippen LogP contribution >= 0.6 is 11.6 Å². The quantitative estimate of drug-likeness (QED) is 0.872. The highest BCUT2D eigenvalue weighted by atomic mass is 35.5. The third kappa shape index (κ3) is 4.22. The summed E-state index contributed by atoms with van der Waals surface area (Å²) in [6.45, 7) is 0.369. The van der Waals surface area contributed by atoms with Crippen LogP contribution in [0.2, 0.25) is 5.02 Å². The van der Waals surface area contributed by atoms with Crippen LogP contribution in [0.4, 0.5) is 0 Å². The molecule has 4 heteroatoms. The minimum Gasteiger partial charge on any atom is -0.388 e. The molecule has 0 unspecified atom stereocenters. The number of carbonyl (C=O) groups is 1. The molecule has 1 aromatic carbocycles. The Morgan fingerprint density at radius 2 is 2.00 bits per heavy atom. The van der Waals surface area contributed by atoms with Crippen molar-refractivity contribution in [2.24, 2.45) is 0 Å². The summed E-state index contributed by atoms with van der Waals surface area (Å²) in [4.78, 5) is 11.8. The maximum Gasteiger partial charge on any atom is 0.220 e. The number of hydrogen-bond donors (Lipinski definition) is 2. The maximum absolute atomic E-state index is 11.8. The number of aliphatic hydroxyl groups is 1. The number of carbonyl (C=O) groups excluding carboxylic acids is 1. The van der Waals surface area contributed by atoms with Crippen molar-refractivity contribution in [3.8, 4) is 0 Å². The van der Waals surface area contributed by atoms with Gasteiger partial charge in [-0.2, -0.15) is 0 Å². The van der Waals surface area contributed by atoms with Crippen LogP contribution in [0.1, 0.15) is 37.7 Å². The van der Waals surface area contributed by atoms with Gasteiger partial charge in [-0.15, -0.1) is 0 Å². The largest absolute Gasteiger partial charge is 0.388 e. The average Bonchev–Trinajstić information content (AvgIpc) is 2.83. The summed E-state index contributed by atoms with van der Waals surface area (Å²) in [5.41, 5.74) is 0.305. The van der Waals surface area contributed by atoms with Gasteiger partial charge >= 0.3 is 0 Å². The minimum atomic E-state index is -0.681. The van der Waals surface area contributed by atoms with Gasteiger partial charge in [0.1, 0.15) is 0 Å². The van der Waals surface area contributed by atoms with E-state index in [0.717, 1.165) is 31.2 Å². The third-order valence-corrected chi connectivity index (χ3v) is 4.10. The molecular weight excluding hydrogens is 262 g/mol. The normalized spacial score (nSPS) is 17.4. The number of halogens is 1. The van der Waals surface area contributed by atoms with Gasteiger partial charge in [0, 0.05) is 18.0 Å². The van der Waals surface area contributed by atoms with Gasteiger partial charge in [0.25, 0.3) is 0 Å². The second-order valence-electron chi connectivity index (χ2n) is 5.30. The smallest absolute Gasteiger partial charge is 0.220 e. The Morgan fingerprint density at radius 1 is 1.32 bits per heavy atom.